The van der Waals surface area contributed by atoms with E-state index in [1.165, 1.54) is 6.08 Å². The van der Waals surface area contributed by atoms with Crippen LogP contribution in [0.4, 0.5) is 0 Å². The second-order valence-corrected chi connectivity index (χ2v) is 5.79. The van der Waals surface area contributed by atoms with Crippen molar-refractivity contribution in [1.29, 1.82) is 0 Å². The van der Waals surface area contributed by atoms with Crippen LogP contribution in [0.2, 0.25) is 10.0 Å². The van der Waals surface area contributed by atoms with Crippen LogP contribution in [0, 0.1) is 0 Å². The van der Waals surface area contributed by atoms with Crippen LogP contribution < -0.4 is 4.74 Å². The van der Waals surface area contributed by atoms with Gasteiger partial charge in [-0.25, -0.2) is 4.79 Å². The normalized spacial score (nSPS) is 10.8. The predicted octanol–water partition coefficient (Wildman–Crippen LogP) is 5.65. The number of hydrogen-bond donors (Lipinski definition) is 1. The highest BCUT2D eigenvalue weighted by molar-refractivity contribution is 9.10. The van der Waals surface area contributed by atoms with Crippen molar-refractivity contribution in [3.63, 3.8) is 0 Å². The van der Waals surface area contributed by atoms with Crippen LogP contribution in [0.3, 0.4) is 0 Å². The van der Waals surface area contributed by atoms with E-state index in [1.807, 2.05) is 0 Å². The Bertz CT molecular complexity index is 694. The molecule has 0 radical (unpaired) electrons. The van der Waals surface area contributed by atoms with E-state index in [1.54, 1.807) is 36.4 Å². The number of carboxylic acids is 1. The molecule has 3 nitrogen and oxygen atoms in total. The topological polar surface area (TPSA) is 46.5 Å². The fourth-order valence-electron chi connectivity index (χ4n) is 1.59. The first-order valence-electron chi connectivity index (χ1n) is 5.78. The standard InChI is InChI=1S/C15H9BrCl2O3/c16-14-8-12(3-1-9(14)2-4-15(19)20)21-13-6-10(17)5-11(18)7-13/h1-8H,(H,19,20)/b4-2+. The molecular weight excluding hydrogens is 379 g/mol. The summed E-state index contributed by atoms with van der Waals surface area (Å²) < 4.78 is 6.38. The average Bonchev–Trinajstić information content (AvgIpc) is 2.36. The van der Waals surface area contributed by atoms with Crippen LogP contribution >= 0.6 is 39.1 Å². The molecule has 2 aromatic carbocycles. The van der Waals surface area contributed by atoms with E-state index >= 15 is 0 Å². The number of carbonyl (C=O) groups is 1. The summed E-state index contributed by atoms with van der Waals surface area (Å²) in [6.45, 7) is 0. The van der Waals surface area contributed by atoms with Gasteiger partial charge in [0.05, 0.1) is 0 Å². The Morgan fingerprint density at radius 3 is 2.33 bits per heavy atom. The number of ether oxygens (including phenoxy) is 1. The summed E-state index contributed by atoms with van der Waals surface area (Å²) >= 11 is 15.2. The number of hydrogen-bond acceptors (Lipinski definition) is 2. The van der Waals surface area contributed by atoms with Gasteiger partial charge in [0.2, 0.25) is 0 Å². The van der Waals surface area contributed by atoms with E-state index in [2.05, 4.69) is 15.9 Å². The lowest BCUT2D eigenvalue weighted by Crippen LogP contribution is -1.88. The largest absolute Gasteiger partial charge is 0.478 e. The number of halogens is 3. The van der Waals surface area contributed by atoms with Gasteiger partial charge in [-0.3, -0.25) is 0 Å². The lowest BCUT2D eigenvalue weighted by atomic mass is 10.2. The molecule has 0 saturated heterocycles. The molecule has 0 heterocycles. The molecule has 0 aliphatic heterocycles. The summed E-state index contributed by atoms with van der Waals surface area (Å²) in [6, 6.07) is 10.1. The maximum atomic E-state index is 10.5. The van der Waals surface area contributed by atoms with E-state index in [4.69, 9.17) is 33.0 Å². The van der Waals surface area contributed by atoms with Gasteiger partial charge in [0.15, 0.2) is 0 Å². The van der Waals surface area contributed by atoms with Crippen molar-refractivity contribution < 1.29 is 14.6 Å². The summed E-state index contributed by atoms with van der Waals surface area (Å²) in [6.07, 6.45) is 2.56. The Balaban J connectivity index is 2.22. The van der Waals surface area contributed by atoms with Crippen molar-refractivity contribution in [2.45, 2.75) is 0 Å². The summed E-state index contributed by atoms with van der Waals surface area (Å²) in [5.74, 6) is 0.0942. The maximum absolute atomic E-state index is 10.5. The molecule has 0 saturated carbocycles. The van der Waals surface area contributed by atoms with Gasteiger partial charge in [-0.15, -0.1) is 0 Å². The van der Waals surface area contributed by atoms with Gasteiger partial charge in [0.1, 0.15) is 11.5 Å². The fraction of sp³-hybridized carbons (Fsp3) is 0. The second-order valence-electron chi connectivity index (χ2n) is 4.06. The minimum atomic E-state index is -1.00. The molecule has 0 amide bonds. The molecule has 2 rings (SSSR count). The minimum Gasteiger partial charge on any atom is -0.478 e. The number of rotatable bonds is 4. The van der Waals surface area contributed by atoms with Gasteiger partial charge in [-0.2, -0.15) is 0 Å². The van der Waals surface area contributed by atoms with E-state index in [0.29, 0.717) is 26.0 Å². The minimum absolute atomic E-state index is 0.484. The first-order valence-corrected chi connectivity index (χ1v) is 7.33. The summed E-state index contributed by atoms with van der Waals surface area (Å²) in [7, 11) is 0. The molecule has 6 heteroatoms. The van der Waals surface area contributed by atoms with E-state index in [0.717, 1.165) is 11.6 Å². The van der Waals surface area contributed by atoms with E-state index in [-0.39, 0.29) is 0 Å². The Morgan fingerprint density at radius 2 is 1.76 bits per heavy atom. The molecule has 1 N–H and O–H groups in total. The van der Waals surface area contributed by atoms with Crippen molar-refractivity contribution in [2.24, 2.45) is 0 Å². The van der Waals surface area contributed by atoms with Crippen LogP contribution in [-0.4, -0.2) is 11.1 Å². The highest BCUT2D eigenvalue weighted by atomic mass is 79.9. The van der Waals surface area contributed by atoms with Gasteiger partial charge in [0.25, 0.3) is 0 Å². The van der Waals surface area contributed by atoms with Gasteiger partial charge in [0, 0.05) is 20.6 Å². The smallest absolute Gasteiger partial charge is 0.328 e. The van der Waals surface area contributed by atoms with Crippen molar-refractivity contribution >= 4 is 51.2 Å². The van der Waals surface area contributed by atoms with Crippen LogP contribution in [0.15, 0.2) is 46.9 Å². The van der Waals surface area contributed by atoms with Crippen molar-refractivity contribution in [2.75, 3.05) is 0 Å². The Hall–Kier alpha value is -1.49. The lowest BCUT2D eigenvalue weighted by molar-refractivity contribution is -0.131. The Morgan fingerprint density at radius 1 is 1.10 bits per heavy atom. The summed E-state index contributed by atoms with van der Waals surface area (Å²) in [5, 5.41) is 9.58. The molecule has 0 unspecified atom stereocenters. The Labute approximate surface area is 139 Å². The maximum Gasteiger partial charge on any atom is 0.328 e. The third-order valence-corrected chi connectivity index (χ3v) is 3.57. The first kappa shape index (κ1) is 15.9. The number of benzene rings is 2. The first-order chi connectivity index (χ1) is 9.94. The Kier molecular flexibility index (Phi) is 5.28. The molecule has 0 bridgehead atoms. The SMILES string of the molecule is O=C(O)/C=C/c1ccc(Oc2cc(Cl)cc(Cl)c2)cc1Br. The zero-order valence-corrected chi connectivity index (χ0v) is 13.6. The van der Waals surface area contributed by atoms with Gasteiger partial charge in [-0.05, 0) is 42.0 Å². The van der Waals surface area contributed by atoms with E-state index < -0.39 is 5.97 Å². The monoisotopic (exact) mass is 386 g/mol. The summed E-state index contributed by atoms with van der Waals surface area (Å²) in [4.78, 5) is 10.5. The van der Waals surface area contributed by atoms with Gasteiger partial charge < -0.3 is 9.84 Å². The van der Waals surface area contributed by atoms with Crippen molar-refractivity contribution in [3.05, 3.63) is 62.6 Å². The molecule has 108 valence electrons. The van der Waals surface area contributed by atoms with Gasteiger partial charge in [-0.1, -0.05) is 45.2 Å². The van der Waals surface area contributed by atoms with Crippen LogP contribution in [0.5, 0.6) is 11.5 Å². The molecule has 2 aromatic rings. The van der Waals surface area contributed by atoms with Crippen molar-refractivity contribution in [1.82, 2.24) is 0 Å². The fourth-order valence-corrected chi connectivity index (χ4v) is 2.59. The van der Waals surface area contributed by atoms with Crippen LogP contribution in [-0.2, 0) is 4.79 Å². The van der Waals surface area contributed by atoms with Crippen molar-refractivity contribution in [3.8, 4) is 11.5 Å². The third kappa shape index (κ3) is 4.77. The number of aliphatic carboxylic acids is 1. The molecule has 0 aromatic heterocycles. The lowest BCUT2D eigenvalue weighted by Gasteiger charge is -2.08. The molecule has 0 aliphatic rings. The van der Waals surface area contributed by atoms with Crippen LogP contribution in [0.25, 0.3) is 6.08 Å². The molecule has 0 aliphatic carbocycles. The van der Waals surface area contributed by atoms with Crippen LogP contribution in [0.1, 0.15) is 5.56 Å². The molecular formula is C15H9BrCl2O3. The predicted molar refractivity (Wildman–Crippen MR) is 87.3 cm³/mol. The zero-order chi connectivity index (χ0) is 15.4. The van der Waals surface area contributed by atoms with E-state index in [9.17, 15) is 4.79 Å². The number of carboxylic acid groups (broad SMARTS) is 1. The quantitative estimate of drug-likeness (QED) is 0.690. The third-order valence-electron chi connectivity index (χ3n) is 2.45. The molecule has 0 spiro atoms. The zero-order valence-electron chi connectivity index (χ0n) is 10.5. The highest BCUT2D eigenvalue weighted by Crippen LogP contribution is 2.31. The van der Waals surface area contributed by atoms with Gasteiger partial charge >= 0.3 is 5.97 Å². The summed E-state index contributed by atoms with van der Waals surface area (Å²) in [5.41, 5.74) is 0.730. The average molecular weight is 388 g/mol. The second kappa shape index (κ2) is 6.98. The molecule has 0 atom stereocenters. The molecule has 0 fully saturated rings. The molecule has 21 heavy (non-hydrogen) atoms. The highest BCUT2D eigenvalue weighted by Gasteiger charge is 2.04.